The number of benzene rings is 1. The molecule has 1 atom stereocenters. The minimum absolute atomic E-state index is 0.365. The first-order chi connectivity index (χ1) is 8.22. The maximum Gasteiger partial charge on any atom is 0.123 e. The summed E-state index contributed by atoms with van der Waals surface area (Å²) in [5, 5.41) is 17.8. The highest BCUT2D eigenvalue weighted by atomic mass is 19.1. The molecule has 1 heterocycles. The monoisotopic (exact) mass is 235 g/mol. The van der Waals surface area contributed by atoms with Crippen LogP contribution < -0.4 is 0 Å². The molecule has 0 radical (unpaired) electrons. The lowest BCUT2D eigenvalue weighted by Gasteiger charge is -2.12. The lowest BCUT2D eigenvalue weighted by Crippen LogP contribution is -2.10. The number of aromatic nitrogens is 3. The molecule has 0 aliphatic carbocycles. The Morgan fingerprint density at radius 2 is 2.29 bits per heavy atom. The molecule has 0 saturated carbocycles. The van der Waals surface area contributed by atoms with Gasteiger partial charge >= 0.3 is 0 Å². The highest BCUT2D eigenvalue weighted by molar-refractivity contribution is 5.25. The van der Waals surface area contributed by atoms with E-state index in [1.54, 1.807) is 16.8 Å². The second-order valence-corrected chi connectivity index (χ2v) is 3.84. The molecule has 0 spiro atoms. The van der Waals surface area contributed by atoms with Crippen LogP contribution in [0.3, 0.4) is 0 Å². The lowest BCUT2D eigenvalue weighted by molar-refractivity contribution is 0.207. The summed E-state index contributed by atoms with van der Waals surface area (Å²) in [6.45, 7) is 2.70. The topological polar surface area (TPSA) is 50.9 Å². The van der Waals surface area contributed by atoms with Crippen LogP contribution in [0, 0.1) is 5.82 Å². The van der Waals surface area contributed by atoms with Crippen molar-refractivity contribution < 1.29 is 9.50 Å². The van der Waals surface area contributed by atoms with Crippen LogP contribution in [0.4, 0.5) is 4.39 Å². The molecule has 0 amide bonds. The van der Waals surface area contributed by atoms with Gasteiger partial charge in [-0.25, -0.2) is 9.07 Å². The fourth-order valence-electron chi connectivity index (χ4n) is 1.71. The van der Waals surface area contributed by atoms with E-state index in [0.29, 0.717) is 17.8 Å². The Morgan fingerprint density at radius 1 is 1.47 bits per heavy atom. The number of aliphatic hydroxyl groups is 1. The van der Waals surface area contributed by atoms with Crippen LogP contribution in [0.15, 0.2) is 30.5 Å². The van der Waals surface area contributed by atoms with E-state index in [1.807, 2.05) is 6.92 Å². The molecule has 90 valence electrons. The van der Waals surface area contributed by atoms with Gasteiger partial charge in [-0.2, -0.15) is 0 Å². The molecular weight excluding hydrogens is 221 g/mol. The van der Waals surface area contributed by atoms with Crippen LogP contribution in [0.2, 0.25) is 0 Å². The highest BCUT2D eigenvalue weighted by Gasteiger charge is 2.16. The Bertz CT molecular complexity index is 498. The van der Waals surface area contributed by atoms with Gasteiger partial charge in [-0.05, 0) is 24.1 Å². The predicted molar refractivity (Wildman–Crippen MR) is 60.8 cm³/mol. The van der Waals surface area contributed by atoms with Gasteiger partial charge in [0.1, 0.15) is 11.9 Å². The zero-order chi connectivity index (χ0) is 12.3. The molecule has 1 aromatic carbocycles. The zero-order valence-electron chi connectivity index (χ0n) is 9.55. The van der Waals surface area contributed by atoms with E-state index in [-0.39, 0.29) is 5.82 Å². The molecule has 1 aromatic heterocycles. The van der Waals surface area contributed by atoms with E-state index >= 15 is 0 Å². The normalized spacial score (nSPS) is 12.6. The van der Waals surface area contributed by atoms with Gasteiger partial charge in [0.2, 0.25) is 0 Å². The largest absolute Gasteiger partial charge is 0.382 e. The van der Waals surface area contributed by atoms with Crippen molar-refractivity contribution in [1.29, 1.82) is 0 Å². The molecule has 0 saturated heterocycles. The van der Waals surface area contributed by atoms with Gasteiger partial charge in [0, 0.05) is 6.54 Å². The summed E-state index contributed by atoms with van der Waals surface area (Å²) >= 11 is 0. The van der Waals surface area contributed by atoms with E-state index in [9.17, 15) is 9.50 Å². The summed E-state index contributed by atoms with van der Waals surface area (Å²) in [6.07, 6.45) is 1.50. The third kappa shape index (κ3) is 2.50. The quantitative estimate of drug-likeness (QED) is 0.880. The van der Waals surface area contributed by atoms with E-state index in [4.69, 9.17) is 0 Å². The first kappa shape index (κ1) is 11.7. The van der Waals surface area contributed by atoms with Crippen molar-refractivity contribution in [2.75, 3.05) is 0 Å². The summed E-state index contributed by atoms with van der Waals surface area (Å²) in [5.41, 5.74) is 1.09. The van der Waals surface area contributed by atoms with Gasteiger partial charge in [0.25, 0.3) is 0 Å². The van der Waals surface area contributed by atoms with E-state index in [0.717, 1.165) is 6.42 Å². The lowest BCUT2D eigenvalue weighted by atomic mass is 10.1. The van der Waals surface area contributed by atoms with Gasteiger partial charge in [0.15, 0.2) is 0 Å². The van der Waals surface area contributed by atoms with Crippen molar-refractivity contribution >= 4 is 0 Å². The molecule has 1 unspecified atom stereocenters. The number of rotatable bonds is 4. The Morgan fingerprint density at radius 3 is 3.00 bits per heavy atom. The van der Waals surface area contributed by atoms with E-state index in [2.05, 4.69) is 10.3 Å². The zero-order valence-corrected chi connectivity index (χ0v) is 9.55. The van der Waals surface area contributed by atoms with Gasteiger partial charge in [0.05, 0.1) is 11.9 Å². The smallest absolute Gasteiger partial charge is 0.123 e. The molecule has 4 nitrogen and oxygen atoms in total. The van der Waals surface area contributed by atoms with E-state index < -0.39 is 6.10 Å². The molecule has 5 heteroatoms. The third-order valence-corrected chi connectivity index (χ3v) is 2.53. The summed E-state index contributed by atoms with van der Waals surface area (Å²) in [6, 6.07) is 5.91. The van der Waals surface area contributed by atoms with Crippen molar-refractivity contribution in [3.8, 4) is 0 Å². The summed E-state index contributed by atoms with van der Waals surface area (Å²) in [7, 11) is 0. The molecule has 2 rings (SSSR count). The maximum absolute atomic E-state index is 13.1. The van der Waals surface area contributed by atoms with Crippen LogP contribution >= 0.6 is 0 Å². The second-order valence-electron chi connectivity index (χ2n) is 3.84. The number of aryl methyl sites for hydroxylation is 1. The Kier molecular flexibility index (Phi) is 3.49. The highest BCUT2D eigenvalue weighted by Crippen LogP contribution is 2.21. The number of hydrogen-bond donors (Lipinski definition) is 1. The molecular formula is C12H14FN3O. The van der Waals surface area contributed by atoms with Gasteiger partial charge < -0.3 is 5.11 Å². The minimum atomic E-state index is -0.896. The van der Waals surface area contributed by atoms with Gasteiger partial charge in [-0.15, -0.1) is 5.10 Å². The van der Waals surface area contributed by atoms with Gasteiger partial charge in [-0.3, -0.25) is 0 Å². The average Bonchev–Trinajstić information content (AvgIpc) is 2.77. The van der Waals surface area contributed by atoms with Crippen molar-refractivity contribution in [3.63, 3.8) is 0 Å². The number of nitrogens with zero attached hydrogens (tertiary/aromatic N) is 3. The first-order valence-electron chi connectivity index (χ1n) is 5.54. The molecule has 0 bridgehead atoms. The predicted octanol–water partition coefficient (Wildman–Crippen LogP) is 1.91. The summed E-state index contributed by atoms with van der Waals surface area (Å²) < 4.78 is 14.7. The van der Waals surface area contributed by atoms with Crippen LogP contribution in [0.25, 0.3) is 0 Å². The number of halogens is 1. The first-order valence-corrected chi connectivity index (χ1v) is 5.54. The Hall–Kier alpha value is -1.75. The molecule has 0 aliphatic heterocycles. The molecule has 0 fully saturated rings. The number of aliphatic hydroxyl groups excluding tert-OH is 1. The fourth-order valence-corrected chi connectivity index (χ4v) is 1.71. The van der Waals surface area contributed by atoms with Crippen LogP contribution in [-0.4, -0.2) is 20.1 Å². The van der Waals surface area contributed by atoms with Crippen LogP contribution in [0.5, 0.6) is 0 Å². The molecule has 0 aliphatic rings. The average molecular weight is 235 g/mol. The standard InChI is InChI=1S/C12H14FN3O/c1-2-6-16-11(8-14-15-16)12(17)9-4-3-5-10(13)7-9/h3-5,7-8,12,17H,2,6H2,1H3. The van der Waals surface area contributed by atoms with Crippen molar-refractivity contribution in [3.05, 3.63) is 47.5 Å². The van der Waals surface area contributed by atoms with E-state index in [1.165, 1.54) is 18.3 Å². The van der Waals surface area contributed by atoms with Crippen LogP contribution in [0.1, 0.15) is 30.7 Å². The molecule has 2 aromatic rings. The van der Waals surface area contributed by atoms with Crippen molar-refractivity contribution in [2.24, 2.45) is 0 Å². The SMILES string of the molecule is CCCn1nncc1C(O)c1cccc(F)c1. The van der Waals surface area contributed by atoms with Crippen molar-refractivity contribution in [1.82, 2.24) is 15.0 Å². The second kappa shape index (κ2) is 5.05. The molecule has 1 N–H and O–H groups in total. The Labute approximate surface area is 98.7 Å². The maximum atomic E-state index is 13.1. The van der Waals surface area contributed by atoms with Crippen LogP contribution in [-0.2, 0) is 6.54 Å². The van der Waals surface area contributed by atoms with Gasteiger partial charge in [-0.1, -0.05) is 24.3 Å². The third-order valence-electron chi connectivity index (χ3n) is 2.53. The molecule has 17 heavy (non-hydrogen) atoms. The summed E-state index contributed by atoms with van der Waals surface area (Å²) in [4.78, 5) is 0. The Balaban J connectivity index is 2.30. The summed E-state index contributed by atoms with van der Waals surface area (Å²) in [5.74, 6) is -0.365. The number of hydrogen-bond acceptors (Lipinski definition) is 3. The minimum Gasteiger partial charge on any atom is -0.382 e. The van der Waals surface area contributed by atoms with Crippen molar-refractivity contribution in [2.45, 2.75) is 26.0 Å². The fraction of sp³-hybridized carbons (Fsp3) is 0.333.